The number of rotatable bonds is 13. The Balaban J connectivity index is 3.26. The molecule has 0 aliphatic carbocycles. The highest BCUT2D eigenvalue weighted by Crippen LogP contribution is 2.06. The van der Waals surface area contributed by atoms with Crippen molar-refractivity contribution in [2.45, 2.75) is 77.6 Å². The normalized spacial score (nSPS) is 11.2. The Hall–Kier alpha value is -0.630. The van der Waals surface area contributed by atoms with Crippen LogP contribution in [-0.4, -0.2) is 17.5 Å². The van der Waals surface area contributed by atoms with E-state index in [1.165, 1.54) is 19.3 Å². The minimum atomic E-state index is 0.275. The summed E-state index contributed by atoms with van der Waals surface area (Å²) in [6.45, 7) is 2.49. The van der Waals surface area contributed by atoms with Crippen LogP contribution in [0.25, 0.3) is 0 Å². The Morgan fingerprint density at radius 1 is 0.889 bits per heavy atom. The number of carbonyl (C=O) groups is 1. The first-order chi connectivity index (χ1) is 8.81. The minimum Gasteiger partial charge on any atom is -0.396 e. The van der Waals surface area contributed by atoms with Crippen LogP contribution in [0.4, 0.5) is 0 Å². The van der Waals surface area contributed by atoms with Gasteiger partial charge in [-0.15, -0.1) is 0 Å². The van der Waals surface area contributed by atoms with Crippen molar-refractivity contribution < 1.29 is 9.90 Å². The summed E-state index contributed by atoms with van der Waals surface area (Å²) in [5, 5.41) is 8.62. The molecule has 0 aromatic rings. The Morgan fingerprint density at radius 2 is 1.61 bits per heavy atom. The Labute approximate surface area is 112 Å². The number of hydrogen-bond donors (Lipinski definition) is 1. The third-order valence-electron chi connectivity index (χ3n) is 3.09. The average molecular weight is 254 g/mol. The zero-order chi connectivity index (χ0) is 13.5. The summed E-state index contributed by atoms with van der Waals surface area (Å²) < 4.78 is 0. The van der Waals surface area contributed by atoms with Gasteiger partial charge in [-0.1, -0.05) is 44.8 Å². The van der Waals surface area contributed by atoms with Crippen LogP contribution in [-0.2, 0) is 4.79 Å². The molecule has 0 atom stereocenters. The van der Waals surface area contributed by atoms with Crippen molar-refractivity contribution in [2.24, 2.45) is 0 Å². The second-order valence-corrected chi connectivity index (χ2v) is 4.93. The van der Waals surface area contributed by atoms with Crippen LogP contribution < -0.4 is 0 Å². The van der Waals surface area contributed by atoms with Crippen LogP contribution in [0.2, 0.25) is 0 Å². The fourth-order valence-corrected chi connectivity index (χ4v) is 1.90. The van der Waals surface area contributed by atoms with Gasteiger partial charge in [0.1, 0.15) is 5.78 Å². The molecule has 0 rings (SSSR count). The standard InChI is InChI=1S/C16H30O2/c1-2-3-4-5-6-7-10-13-16(18)14-11-8-9-12-15-17/h6-7,17H,2-5,8-15H2,1H3. The van der Waals surface area contributed by atoms with Crippen molar-refractivity contribution in [1.29, 1.82) is 0 Å². The number of Topliss-reactive ketones (excluding diaryl/α,β-unsaturated/α-hetero) is 1. The number of ketones is 1. The molecular weight excluding hydrogens is 224 g/mol. The second kappa shape index (κ2) is 14.4. The van der Waals surface area contributed by atoms with E-state index in [9.17, 15) is 4.79 Å². The molecule has 0 unspecified atom stereocenters. The van der Waals surface area contributed by atoms with E-state index in [0.717, 1.165) is 44.9 Å². The summed E-state index contributed by atoms with van der Waals surface area (Å²) in [6, 6.07) is 0. The molecule has 0 heterocycles. The van der Waals surface area contributed by atoms with Gasteiger partial charge in [0.25, 0.3) is 0 Å². The fraction of sp³-hybridized carbons (Fsp3) is 0.812. The predicted molar refractivity (Wildman–Crippen MR) is 77.7 cm³/mol. The maximum Gasteiger partial charge on any atom is 0.133 e. The molecule has 106 valence electrons. The molecular formula is C16H30O2. The molecule has 0 aromatic heterocycles. The number of aliphatic hydroxyl groups excluding tert-OH is 1. The third-order valence-corrected chi connectivity index (χ3v) is 3.09. The van der Waals surface area contributed by atoms with Gasteiger partial charge >= 0.3 is 0 Å². The summed E-state index contributed by atoms with van der Waals surface area (Å²) in [6.07, 6.45) is 15.6. The molecule has 0 spiro atoms. The highest BCUT2D eigenvalue weighted by atomic mass is 16.2. The largest absolute Gasteiger partial charge is 0.396 e. The Bertz CT molecular complexity index is 209. The monoisotopic (exact) mass is 254 g/mol. The smallest absolute Gasteiger partial charge is 0.133 e. The lowest BCUT2D eigenvalue weighted by molar-refractivity contribution is -0.119. The maximum atomic E-state index is 11.5. The first kappa shape index (κ1) is 17.4. The predicted octanol–water partition coefficient (Wildman–Crippen LogP) is 4.42. The van der Waals surface area contributed by atoms with Crippen LogP contribution in [0.3, 0.4) is 0 Å². The molecule has 1 N–H and O–H groups in total. The van der Waals surface area contributed by atoms with Crippen LogP contribution in [0.1, 0.15) is 77.6 Å². The SMILES string of the molecule is CCCCCC=CCCC(=O)CCCCCCO. The number of hydrogen-bond acceptors (Lipinski definition) is 2. The Kier molecular flexibility index (Phi) is 13.9. The van der Waals surface area contributed by atoms with E-state index in [-0.39, 0.29) is 6.61 Å². The zero-order valence-corrected chi connectivity index (χ0v) is 12.0. The van der Waals surface area contributed by atoms with E-state index in [1.54, 1.807) is 0 Å². The highest BCUT2D eigenvalue weighted by molar-refractivity contribution is 5.78. The van der Waals surface area contributed by atoms with Crippen LogP contribution in [0.15, 0.2) is 12.2 Å². The van der Waals surface area contributed by atoms with Crippen molar-refractivity contribution >= 4 is 5.78 Å². The maximum absolute atomic E-state index is 11.5. The van der Waals surface area contributed by atoms with Crippen molar-refractivity contribution in [3.63, 3.8) is 0 Å². The van der Waals surface area contributed by atoms with Crippen molar-refractivity contribution in [3.05, 3.63) is 12.2 Å². The highest BCUT2D eigenvalue weighted by Gasteiger charge is 1.99. The topological polar surface area (TPSA) is 37.3 Å². The molecule has 2 heteroatoms. The van der Waals surface area contributed by atoms with Crippen molar-refractivity contribution in [3.8, 4) is 0 Å². The van der Waals surface area contributed by atoms with Gasteiger partial charge in [-0.2, -0.15) is 0 Å². The van der Waals surface area contributed by atoms with Crippen LogP contribution >= 0.6 is 0 Å². The van der Waals surface area contributed by atoms with E-state index >= 15 is 0 Å². The molecule has 18 heavy (non-hydrogen) atoms. The first-order valence-electron chi connectivity index (χ1n) is 7.58. The van der Waals surface area contributed by atoms with Crippen molar-refractivity contribution in [1.82, 2.24) is 0 Å². The quantitative estimate of drug-likeness (QED) is 0.390. The lowest BCUT2D eigenvalue weighted by atomic mass is 10.1. The zero-order valence-electron chi connectivity index (χ0n) is 12.0. The van der Waals surface area contributed by atoms with E-state index in [2.05, 4.69) is 19.1 Å². The number of aliphatic hydroxyl groups is 1. The summed E-state index contributed by atoms with van der Waals surface area (Å²) in [7, 11) is 0. The lowest BCUT2D eigenvalue weighted by Gasteiger charge is -1.99. The van der Waals surface area contributed by atoms with Crippen LogP contribution in [0, 0.1) is 0 Å². The molecule has 0 fully saturated rings. The minimum absolute atomic E-state index is 0.275. The summed E-state index contributed by atoms with van der Waals surface area (Å²) in [5.41, 5.74) is 0. The molecule has 2 nitrogen and oxygen atoms in total. The van der Waals surface area contributed by atoms with Gasteiger partial charge in [-0.05, 0) is 32.1 Å². The molecule has 0 radical (unpaired) electrons. The number of unbranched alkanes of at least 4 members (excludes halogenated alkanes) is 6. The van der Waals surface area contributed by atoms with E-state index in [1.807, 2.05) is 0 Å². The molecule has 0 aliphatic heterocycles. The Morgan fingerprint density at radius 3 is 2.33 bits per heavy atom. The van der Waals surface area contributed by atoms with Gasteiger partial charge in [0.05, 0.1) is 0 Å². The first-order valence-corrected chi connectivity index (χ1v) is 7.58. The van der Waals surface area contributed by atoms with E-state index in [0.29, 0.717) is 12.2 Å². The number of allylic oxidation sites excluding steroid dienone is 2. The molecule has 0 aliphatic rings. The van der Waals surface area contributed by atoms with Crippen LogP contribution in [0.5, 0.6) is 0 Å². The summed E-state index contributed by atoms with van der Waals surface area (Å²) in [5.74, 6) is 0.386. The molecule has 0 bridgehead atoms. The fourth-order valence-electron chi connectivity index (χ4n) is 1.90. The van der Waals surface area contributed by atoms with Gasteiger partial charge in [-0.25, -0.2) is 0 Å². The van der Waals surface area contributed by atoms with Gasteiger partial charge in [-0.3, -0.25) is 4.79 Å². The lowest BCUT2D eigenvalue weighted by Crippen LogP contribution is -1.96. The summed E-state index contributed by atoms with van der Waals surface area (Å²) in [4.78, 5) is 11.5. The van der Waals surface area contributed by atoms with Gasteiger partial charge in [0, 0.05) is 19.4 Å². The third kappa shape index (κ3) is 13.4. The molecule has 0 saturated heterocycles. The van der Waals surface area contributed by atoms with Gasteiger partial charge in [0.15, 0.2) is 0 Å². The van der Waals surface area contributed by atoms with Gasteiger partial charge < -0.3 is 5.11 Å². The van der Waals surface area contributed by atoms with E-state index < -0.39 is 0 Å². The van der Waals surface area contributed by atoms with Gasteiger partial charge in [0.2, 0.25) is 0 Å². The molecule has 0 saturated carbocycles. The second-order valence-electron chi connectivity index (χ2n) is 4.93. The average Bonchev–Trinajstić information content (AvgIpc) is 2.37. The summed E-state index contributed by atoms with van der Waals surface area (Å²) >= 11 is 0. The number of carbonyl (C=O) groups excluding carboxylic acids is 1. The van der Waals surface area contributed by atoms with Crippen molar-refractivity contribution in [2.75, 3.05) is 6.61 Å². The molecule has 0 aromatic carbocycles. The molecule has 0 amide bonds. The van der Waals surface area contributed by atoms with E-state index in [4.69, 9.17) is 5.11 Å².